The number of aryl methyl sites for hydroxylation is 1. The van der Waals surface area contributed by atoms with Crippen LogP contribution in [0.2, 0.25) is 0 Å². The van der Waals surface area contributed by atoms with E-state index in [1.807, 2.05) is 11.3 Å². The van der Waals surface area contributed by atoms with Crippen LogP contribution in [-0.2, 0) is 13.0 Å². The first-order valence-electron chi connectivity index (χ1n) is 7.12. The second kappa shape index (κ2) is 8.68. The van der Waals surface area contributed by atoms with Crippen molar-refractivity contribution in [1.29, 1.82) is 0 Å². The summed E-state index contributed by atoms with van der Waals surface area (Å²) in [5, 5.41) is 3.53. The van der Waals surface area contributed by atoms with Gasteiger partial charge in [-0.1, -0.05) is 6.92 Å². The third-order valence-electron chi connectivity index (χ3n) is 3.36. The van der Waals surface area contributed by atoms with Crippen LogP contribution < -0.4 is 5.32 Å². The number of unbranched alkanes of at least 4 members (excludes halogenated alkanes) is 1. The molecule has 0 unspecified atom stereocenters. The highest BCUT2D eigenvalue weighted by atomic mass is 32.1. The lowest BCUT2D eigenvalue weighted by Gasteiger charge is -2.20. The lowest BCUT2D eigenvalue weighted by atomic mass is 10.2. The van der Waals surface area contributed by atoms with Gasteiger partial charge in [0, 0.05) is 22.3 Å². The Morgan fingerprint density at radius 3 is 2.56 bits per heavy atom. The first-order valence-corrected chi connectivity index (χ1v) is 7.93. The lowest BCUT2D eigenvalue weighted by molar-refractivity contribution is 0.268. The SMILES string of the molecule is CCc1ccc(CNCCCCN(C)C(C)C)s1. The van der Waals surface area contributed by atoms with Gasteiger partial charge in [0.25, 0.3) is 0 Å². The van der Waals surface area contributed by atoms with Crippen LogP contribution in [0.15, 0.2) is 12.1 Å². The lowest BCUT2D eigenvalue weighted by Crippen LogP contribution is -2.27. The van der Waals surface area contributed by atoms with Crippen LogP contribution in [0.3, 0.4) is 0 Å². The van der Waals surface area contributed by atoms with Gasteiger partial charge in [-0.25, -0.2) is 0 Å². The van der Waals surface area contributed by atoms with E-state index in [1.54, 1.807) is 0 Å². The van der Waals surface area contributed by atoms with Crippen molar-refractivity contribution in [2.45, 2.75) is 52.6 Å². The Bertz CT molecular complexity index is 320. The van der Waals surface area contributed by atoms with Crippen LogP contribution in [0.25, 0.3) is 0 Å². The molecule has 0 spiro atoms. The van der Waals surface area contributed by atoms with Crippen LogP contribution >= 0.6 is 11.3 Å². The largest absolute Gasteiger partial charge is 0.312 e. The average molecular weight is 268 g/mol. The van der Waals surface area contributed by atoms with Crippen molar-refractivity contribution in [3.05, 3.63) is 21.9 Å². The summed E-state index contributed by atoms with van der Waals surface area (Å²) in [5.41, 5.74) is 0. The predicted octanol–water partition coefficient (Wildman–Crippen LogP) is 3.52. The quantitative estimate of drug-likeness (QED) is 0.689. The molecule has 1 heterocycles. The number of nitrogens with zero attached hydrogens (tertiary/aromatic N) is 1. The van der Waals surface area contributed by atoms with Crippen molar-refractivity contribution < 1.29 is 0 Å². The minimum absolute atomic E-state index is 0.663. The van der Waals surface area contributed by atoms with E-state index >= 15 is 0 Å². The molecule has 0 radical (unpaired) electrons. The number of thiophene rings is 1. The van der Waals surface area contributed by atoms with E-state index in [2.05, 4.69) is 50.2 Å². The molecular formula is C15H28N2S. The van der Waals surface area contributed by atoms with Crippen LogP contribution in [0, 0.1) is 0 Å². The van der Waals surface area contributed by atoms with Gasteiger partial charge < -0.3 is 10.2 Å². The predicted molar refractivity (Wildman–Crippen MR) is 82.4 cm³/mol. The molecule has 1 rings (SSSR count). The Hall–Kier alpha value is -0.380. The fraction of sp³-hybridized carbons (Fsp3) is 0.733. The van der Waals surface area contributed by atoms with Crippen molar-refractivity contribution in [2.75, 3.05) is 20.1 Å². The number of hydrogen-bond donors (Lipinski definition) is 1. The Labute approximate surface area is 116 Å². The highest BCUT2D eigenvalue weighted by Gasteiger charge is 2.02. The van der Waals surface area contributed by atoms with Crippen LogP contribution in [0.5, 0.6) is 0 Å². The minimum atomic E-state index is 0.663. The molecule has 0 aromatic carbocycles. The van der Waals surface area contributed by atoms with E-state index in [0.29, 0.717) is 6.04 Å². The van der Waals surface area contributed by atoms with E-state index in [-0.39, 0.29) is 0 Å². The van der Waals surface area contributed by atoms with E-state index in [4.69, 9.17) is 0 Å². The molecule has 0 aliphatic carbocycles. The van der Waals surface area contributed by atoms with E-state index in [9.17, 15) is 0 Å². The van der Waals surface area contributed by atoms with Crippen molar-refractivity contribution in [3.63, 3.8) is 0 Å². The van der Waals surface area contributed by atoms with Gasteiger partial charge in [-0.05, 0) is 65.4 Å². The van der Waals surface area contributed by atoms with E-state index in [1.165, 1.54) is 29.1 Å². The van der Waals surface area contributed by atoms with Crippen LogP contribution in [0.4, 0.5) is 0 Å². The molecule has 3 heteroatoms. The van der Waals surface area contributed by atoms with Crippen molar-refractivity contribution in [2.24, 2.45) is 0 Å². The number of rotatable bonds is 9. The maximum atomic E-state index is 3.53. The normalized spacial score (nSPS) is 11.7. The smallest absolute Gasteiger partial charge is 0.0299 e. The molecule has 0 aliphatic rings. The first-order chi connectivity index (χ1) is 8.63. The molecule has 0 atom stereocenters. The maximum Gasteiger partial charge on any atom is 0.0299 e. The van der Waals surface area contributed by atoms with E-state index in [0.717, 1.165) is 19.5 Å². The van der Waals surface area contributed by atoms with Gasteiger partial charge in [0.1, 0.15) is 0 Å². The van der Waals surface area contributed by atoms with Gasteiger partial charge in [0.05, 0.1) is 0 Å². The van der Waals surface area contributed by atoms with Crippen LogP contribution in [0.1, 0.15) is 43.4 Å². The fourth-order valence-corrected chi connectivity index (χ4v) is 2.72. The first kappa shape index (κ1) is 15.7. The molecule has 104 valence electrons. The van der Waals surface area contributed by atoms with Gasteiger partial charge in [-0.2, -0.15) is 0 Å². The Morgan fingerprint density at radius 1 is 1.22 bits per heavy atom. The zero-order valence-electron chi connectivity index (χ0n) is 12.3. The molecule has 1 aromatic heterocycles. The van der Waals surface area contributed by atoms with Gasteiger partial charge in [0.2, 0.25) is 0 Å². The Morgan fingerprint density at radius 2 is 1.94 bits per heavy atom. The monoisotopic (exact) mass is 268 g/mol. The molecule has 0 saturated heterocycles. The molecule has 0 saturated carbocycles. The van der Waals surface area contributed by atoms with Crippen LogP contribution in [-0.4, -0.2) is 31.1 Å². The second-order valence-corrected chi connectivity index (χ2v) is 6.43. The van der Waals surface area contributed by atoms with E-state index < -0.39 is 0 Å². The molecule has 0 aliphatic heterocycles. The molecule has 2 nitrogen and oxygen atoms in total. The summed E-state index contributed by atoms with van der Waals surface area (Å²) < 4.78 is 0. The van der Waals surface area contributed by atoms with Gasteiger partial charge >= 0.3 is 0 Å². The van der Waals surface area contributed by atoms with Gasteiger partial charge in [0.15, 0.2) is 0 Å². The molecule has 0 fully saturated rings. The molecular weight excluding hydrogens is 240 g/mol. The molecule has 1 aromatic rings. The second-order valence-electron chi connectivity index (χ2n) is 5.18. The minimum Gasteiger partial charge on any atom is -0.312 e. The fourth-order valence-electron chi connectivity index (χ4n) is 1.79. The summed E-state index contributed by atoms with van der Waals surface area (Å²) in [6, 6.07) is 5.17. The van der Waals surface area contributed by atoms with Gasteiger partial charge in [-0.3, -0.25) is 0 Å². The third-order valence-corrected chi connectivity index (χ3v) is 4.59. The van der Waals surface area contributed by atoms with Gasteiger partial charge in [-0.15, -0.1) is 11.3 Å². The maximum absolute atomic E-state index is 3.53. The highest BCUT2D eigenvalue weighted by molar-refractivity contribution is 7.11. The summed E-state index contributed by atoms with van der Waals surface area (Å²) in [6.07, 6.45) is 3.71. The molecule has 0 amide bonds. The molecule has 0 bridgehead atoms. The van der Waals surface area contributed by atoms with Crippen molar-refractivity contribution >= 4 is 11.3 Å². The third kappa shape index (κ3) is 5.98. The zero-order valence-corrected chi connectivity index (χ0v) is 13.1. The average Bonchev–Trinajstić information content (AvgIpc) is 2.81. The molecule has 1 N–H and O–H groups in total. The zero-order chi connectivity index (χ0) is 13.4. The summed E-state index contributed by atoms with van der Waals surface area (Å²) in [7, 11) is 2.20. The summed E-state index contributed by atoms with van der Waals surface area (Å²) in [6.45, 7) is 10.1. The van der Waals surface area contributed by atoms with Crippen molar-refractivity contribution in [3.8, 4) is 0 Å². The molecule has 18 heavy (non-hydrogen) atoms. The Kier molecular flexibility index (Phi) is 7.56. The number of hydrogen-bond acceptors (Lipinski definition) is 3. The summed E-state index contributed by atoms with van der Waals surface area (Å²) in [5.74, 6) is 0. The summed E-state index contributed by atoms with van der Waals surface area (Å²) in [4.78, 5) is 5.36. The Balaban J connectivity index is 2.02. The van der Waals surface area contributed by atoms with Crippen molar-refractivity contribution in [1.82, 2.24) is 10.2 Å². The standard InChI is InChI=1S/C15H28N2S/c1-5-14-8-9-15(18-14)12-16-10-6-7-11-17(4)13(2)3/h8-9,13,16H,5-7,10-12H2,1-4H3. The summed E-state index contributed by atoms with van der Waals surface area (Å²) >= 11 is 1.93. The topological polar surface area (TPSA) is 15.3 Å². The highest BCUT2D eigenvalue weighted by Crippen LogP contribution is 2.16. The number of nitrogens with one attached hydrogen (secondary N) is 1.